The van der Waals surface area contributed by atoms with E-state index >= 15 is 0 Å². The van der Waals surface area contributed by atoms with Crippen molar-refractivity contribution < 1.29 is 14.3 Å². The Kier molecular flexibility index (Phi) is 6.45. The highest BCUT2D eigenvalue weighted by Crippen LogP contribution is 2.20. The lowest BCUT2D eigenvalue weighted by molar-refractivity contribution is 0.108. The topological polar surface area (TPSA) is 64.6 Å². The predicted octanol–water partition coefficient (Wildman–Crippen LogP) is 4.08. The molecule has 0 radical (unpaired) electrons. The Hall–Kier alpha value is -3.12. The molecule has 28 heavy (non-hydrogen) atoms. The van der Waals surface area contributed by atoms with E-state index in [9.17, 15) is 4.79 Å². The number of carbonyl (C=O) groups is 1. The van der Waals surface area contributed by atoms with E-state index in [1.807, 2.05) is 53.4 Å². The van der Waals surface area contributed by atoms with Gasteiger partial charge < -0.3 is 14.4 Å². The standard InChI is InChI=1S/C21H20ClN3O3/c1-27-18-7-3-15(4-8-18)13-25(14-16-5-9-19(28-2)10-6-16)21-23-11-17(12-24-21)20(22)26/h3-12H,13-14H2,1-2H3. The third kappa shape index (κ3) is 4.98. The van der Waals surface area contributed by atoms with Crippen LogP contribution < -0.4 is 14.4 Å². The van der Waals surface area contributed by atoms with Crippen LogP contribution in [0.5, 0.6) is 11.5 Å². The molecule has 0 spiro atoms. The molecule has 7 heteroatoms. The molecule has 0 unspecified atom stereocenters. The summed E-state index contributed by atoms with van der Waals surface area (Å²) in [5.74, 6) is 2.10. The van der Waals surface area contributed by atoms with Gasteiger partial charge in [-0.1, -0.05) is 24.3 Å². The van der Waals surface area contributed by atoms with Crippen LogP contribution >= 0.6 is 11.6 Å². The van der Waals surface area contributed by atoms with Crippen molar-refractivity contribution in [2.24, 2.45) is 0 Å². The fourth-order valence-electron chi connectivity index (χ4n) is 2.69. The van der Waals surface area contributed by atoms with Gasteiger partial charge in [0, 0.05) is 25.5 Å². The van der Waals surface area contributed by atoms with Gasteiger partial charge in [-0.3, -0.25) is 4.79 Å². The third-order valence-corrected chi connectivity index (χ3v) is 4.43. The lowest BCUT2D eigenvalue weighted by Gasteiger charge is -2.23. The Labute approximate surface area is 168 Å². The van der Waals surface area contributed by atoms with Crippen LogP contribution in [-0.4, -0.2) is 29.4 Å². The molecule has 0 atom stereocenters. The van der Waals surface area contributed by atoms with Gasteiger partial charge in [-0.25, -0.2) is 9.97 Å². The van der Waals surface area contributed by atoms with Crippen LogP contribution in [0.25, 0.3) is 0 Å². The molecule has 0 bridgehead atoms. The van der Waals surface area contributed by atoms with Gasteiger partial charge in [0.05, 0.1) is 19.8 Å². The largest absolute Gasteiger partial charge is 0.497 e. The second-order valence-corrected chi connectivity index (χ2v) is 6.44. The first-order valence-electron chi connectivity index (χ1n) is 8.61. The van der Waals surface area contributed by atoms with Gasteiger partial charge in [0.1, 0.15) is 11.5 Å². The average molecular weight is 398 g/mol. The number of carbonyl (C=O) groups excluding carboxylic acids is 1. The predicted molar refractivity (Wildman–Crippen MR) is 108 cm³/mol. The number of halogens is 1. The molecular formula is C21H20ClN3O3. The van der Waals surface area contributed by atoms with Crippen LogP contribution in [0.15, 0.2) is 60.9 Å². The zero-order valence-electron chi connectivity index (χ0n) is 15.6. The maximum absolute atomic E-state index is 11.3. The van der Waals surface area contributed by atoms with E-state index in [0.29, 0.717) is 19.0 Å². The number of rotatable bonds is 8. The molecule has 0 fully saturated rings. The van der Waals surface area contributed by atoms with Crippen LogP contribution in [0.3, 0.4) is 0 Å². The molecule has 2 aromatic carbocycles. The second kappa shape index (κ2) is 9.19. The summed E-state index contributed by atoms with van der Waals surface area (Å²) in [6.45, 7) is 1.17. The number of aromatic nitrogens is 2. The first-order valence-corrected chi connectivity index (χ1v) is 8.99. The van der Waals surface area contributed by atoms with Gasteiger partial charge in [-0.05, 0) is 47.0 Å². The molecule has 6 nitrogen and oxygen atoms in total. The molecule has 1 heterocycles. The molecule has 1 aromatic heterocycles. The molecule has 3 rings (SSSR count). The monoisotopic (exact) mass is 397 g/mol. The lowest BCUT2D eigenvalue weighted by Crippen LogP contribution is -2.24. The van der Waals surface area contributed by atoms with Gasteiger partial charge in [0.25, 0.3) is 5.24 Å². The number of benzene rings is 2. The van der Waals surface area contributed by atoms with Crippen molar-refractivity contribution in [1.82, 2.24) is 9.97 Å². The molecule has 3 aromatic rings. The number of hydrogen-bond acceptors (Lipinski definition) is 6. The molecule has 0 saturated heterocycles. The number of anilines is 1. The molecule has 0 amide bonds. The van der Waals surface area contributed by atoms with E-state index in [2.05, 4.69) is 9.97 Å². The highest BCUT2D eigenvalue weighted by molar-refractivity contribution is 6.67. The van der Waals surface area contributed by atoms with E-state index in [0.717, 1.165) is 22.6 Å². The van der Waals surface area contributed by atoms with Crippen molar-refractivity contribution in [1.29, 1.82) is 0 Å². The van der Waals surface area contributed by atoms with Gasteiger partial charge in [0.2, 0.25) is 5.95 Å². The number of methoxy groups -OCH3 is 2. The maximum Gasteiger partial charge on any atom is 0.255 e. The summed E-state index contributed by atoms with van der Waals surface area (Å²) in [6, 6.07) is 15.6. The summed E-state index contributed by atoms with van der Waals surface area (Å²) < 4.78 is 10.4. The van der Waals surface area contributed by atoms with E-state index < -0.39 is 5.24 Å². The Balaban J connectivity index is 1.85. The molecule has 0 aliphatic carbocycles. The van der Waals surface area contributed by atoms with E-state index in [-0.39, 0.29) is 5.56 Å². The van der Waals surface area contributed by atoms with Crippen LogP contribution in [0.2, 0.25) is 0 Å². The fourth-order valence-corrected chi connectivity index (χ4v) is 2.78. The molecule has 0 aliphatic heterocycles. The molecule has 144 valence electrons. The van der Waals surface area contributed by atoms with Gasteiger partial charge >= 0.3 is 0 Å². The normalized spacial score (nSPS) is 10.4. The summed E-state index contributed by atoms with van der Waals surface area (Å²) in [5.41, 5.74) is 2.42. The molecule has 0 N–H and O–H groups in total. The smallest absolute Gasteiger partial charge is 0.255 e. The minimum atomic E-state index is -0.580. The average Bonchev–Trinajstić information content (AvgIpc) is 2.74. The number of hydrogen-bond donors (Lipinski definition) is 0. The van der Waals surface area contributed by atoms with Crippen molar-refractivity contribution in [2.75, 3.05) is 19.1 Å². The quantitative estimate of drug-likeness (QED) is 0.534. The Morgan fingerprint density at radius 1 is 0.857 bits per heavy atom. The molecule has 0 saturated carbocycles. The first kappa shape index (κ1) is 19.6. The van der Waals surface area contributed by atoms with E-state index in [1.54, 1.807) is 14.2 Å². The summed E-state index contributed by atoms with van der Waals surface area (Å²) in [6.07, 6.45) is 2.87. The van der Waals surface area contributed by atoms with E-state index in [1.165, 1.54) is 12.4 Å². The maximum atomic E-state index is 11.3. The Morgan fingerprint density at radius 3 is 1.64 bits per heavy atom. The highest BCUT2D eigenvalue weighted by atomic mass is 35.5. The second-order valence-electron chi connectivity index (χ2n) is 6.10. The van der Waals surface area contributed by atoms with Crippen LogP contribution in [-0.2, 0) is 13.1 Å². The van der Waals surface area contributed by atoms with Gasteiger partial charge in [-0.15, -0.1) is 0 Å². The van der Waals surface area contributed by atoms with Gasteiger partial charge in [-0.2, -0.15) is 0 Å². The summed E-state index contributed by atoms with van der Waals surface area (Å²) in [5, 5.41) is -0.580. The SMILES string of the molecule is COc1ccc(CN(Cc2ccc(OC)cc2)c2ncc(C(=O)Cl)cn2)cc1. The summed E-state index contributed by atoms with van der Waals surface area (Å²) in [4.78, 5) is 21.9. The third-order valence-electron chi connectivity index (χ3n) is 4.21. The summed E-state index contributed by atoms with van der Waals surface area (Å²) >= 11 is 5.50. The minimum absolute atomic E-state index is 0.263. The highest BCUT2D eigenvalue weighted by Gasteiger charge is 2.13. The number of nitrogens with zero attached hydrogens (tertiary/aromatic N) is 3. The van der Waals surface area contributed by atoms with Crippen molar-refractivity contribution in [2.45, 2.75) is 13.1 Å². The van der Waals surface area contributed by atoms with E-state index in [4.69, 9.17) is 21.1 Å². The van der Waals surface area contributed by atoms with Crippen molar-refractivity contribution in [3.63, 3.8) is 0 Å². The van der Waals surface area contributed by atoms with Crippen LogP contribution in [0.4, 0.5) is 5.95 Å². The van der Waals surface area contributed by atoms with Crippen LogP contribution in [0.1, 0.15) is 21.5 Å². The Bertz CT molecular complexity index is 864. The van der Waals surface area contributed by atoms with Crippen molar-refractivity contribution in [3.8, 4) is 11.5 Å². The minimum Gasteiger partial charge on any atom is -0.497 e. The fraction of sp³-hybridized carbons (Fsp3) is 0.190. The van der Waals surface area contributed by atoms with Crippen LogP contribution in [0, 0.1) is 0 Å². The first-order chi connectivity index (χ1) is 13.6. The van der Waals surface area contributed by atoms with Gasteiger partial charge in [0.15, 0.2) is 0 Å². The molecular weight excluding hydrogens is 378 g/mol. The summed E-state index contributed by atoms with van der Waals surface area (Å²) in [7, 11) is 3.27. The van der Waals surface area contributed by atoms with Crippen molar-refractivity contribution >= 4 is 22.8 Å². The Morgan fingerprint density at radius 2 is 1.29 bits per heavy atom. The van der Waals surface area contributed by atoms with Crippen molar-refractivity contribution in [3.05, 3.63) is 77.6 Å². The molecule has 0 aliphatic rings. The zero-order chi connectivity index (χ0) is 19.9. The lowest BCUT2D eigenvalue weighted by atomic mass is 10.1. The number of ether oxygens (including phenoxy) is 2. The zero-order valence-corrected chi connectivity index (χ0v) is 16.4.